The molecule has 21 heavy (non-hydrogen) atoms. The maximum Gasteiger partial charge on any atom is 0.253 e. The summed E-state index contributed by atoms with van der Waals surface area (Å²) < 4.78 is 2.27. The summed E-state index contributed by atoms with van der Waals surface area (Å²) in [7, 11) is 1.82. The van der Waals surface area contributed by atoms with Gasteiger partial charge in [-0.25, -0.2) is 0 Å². The third kappa shape index (κ3) is 3.33. The normalized spacial score (nSPS) is 12.4. The average Bonchev–Trinajstić information content (AvgIpc) is 2.76. The lowest BCUT2D eigenvalue weighted by atomic mass is 10.0. The number of H-pyrrole nitrogens is 1. The first kappa shape index (κ1) is 15.7. The Bertz CT molecular complexity index is 707. The highest BCUT2D eigenvalue weighted by Crippen LogP contribution is 2.22. The molecule has 0 spiro atoms. The fourth-order valence-corrected chi connectivity index (χ4v) is 2.39. The van der Waals surface area contributed by atoms with Crippen LogP contribution in [0.2, 0.25) is 5.02 Å². The van der Waals surface area contributed by atoms with Crippen LogP contribution in [0.3, 0.4) is 0 Å². The molecule has 1 aromatic heterocycles. The summed E-state index contributed by atoms with van der Waals surface area (Å²) >= 11 is 11.2. The van der Waals surface area contributed by atoms with Gasteiger partial charge in [0.2, 0.25) is 0 Å². The van der Waals surface area contributed by atoms with Crippen molar-refractivity contribution in [2.45, 2.75) is 19.9 Å². The Morgan fingerprint density at radius 1 is 1.43 bits per heavy atom. The van der Waals surface area contributed by atoms with Crippen molar-refractivity contribution >= 4 is 29.7 Å². The molecule has 0 aliphatic carbocycles. The van der Waals surface area contributed by atoms with Crippen molar-refractivity contribution in [3.8, 4) is 0 Å². The fourth-order valence-electron chi connectivity index (χ4n) is 2.03. The second kappa shape index (κ2) is 6.41. The summed E-state index contributed by atoms with van der Waals surface area (Å²) in [6.45, 7) is 4.02. The van der Waals surface area contributed by atoms with Gasteiger partial charge in [-0.3, -0.25) is 9.89 Å². The van der Waals surface area contributed by atoms with E-state index < -0.39 is 0 Å². The van der Waals surface area contributed by atoms with Crippen LogP contribution in [0.4, 0.5) is 0 Å². The summed E-state index contributed by atoms with van der Waals surface area (Å²) in [6, 6.07) is 6.69. The van der Waals surface area contributed by atoms with Crippen LogP contribution < -0.4 is 5.32 Å². The molecule has 2 rings (SSSR count). The highest BCUT2D eigenvalue weighted by molar-refractivity contribution is 7.71. The lowest BCUT2D eigenvalue weighted by molar-refractivity contribution is 0.0922. The van der Waals surface area contributed by atoms with E-state index >= 15 is 0 Å². The molecule has 0 fully saturated rings. The maximum atomic E-state index is 12.4. The molecule has 0 unspecified atom stereocenters. The zero-order chi connectivity index (χ0) is 15.6. The molecular weight excluding hydrogens is 308 g/mol. The van der Waals surface area contributed by atoms with E-state index in [0.29, 0.717) is 21.2 Å². The first-order chi connectivity index (χ1) is 9.91. The Morgan fingerprint density at radius 2 is 2.10 bits per heavy atom. The molecule has 2 aromatic rings. The van der Waals surface area contributed by atoms with E-state index in [1.165, 1.54) is 0 Å². The molecule has 0 radical (unpaired) electrons. The Morgan fingerprint density at radius 3 is 2.62 bits per heavy atom. The number of rotatable bonds is 4. The number of aromatic nitrogens is 3. The van der Waals surface area contributed by atoms with Gasteiger partial charge >= 0.3 is 0 Å². The monoisotopic (exact) mass is 324 g/mol. The number of nitrogens with zero attached hydrogens (tertiary/aromatic N) is 2. The van der Waals surface area contributed by atoms with Crippen LogP contribution >= 0.6 is 23.8 Å². The van der Waals surface area contributed by atoms with Gasteiger partial charge in [0.1, 0.15) is 0 Å². The molecule has 112 valence electrons. The zero-order valence-corrected chi connectivity index (χ0v) is 13.6. The van der Waals surface area contributed by atoms with Gasteiger partial charge in [-0.15, -0.1) is 0 Å². The predicted molar refractivity (Wildman–Crippen MR) is 84.9 cm³/mol. The Kier molecular flexibility index (Phi) is 4.80. The SMILES string of the molecule is CC(C)[C@H](NC(=O)c1ccccc1Cl)c1n[nH]c(=S)n1C. The van der Waals surface area contributed by atoms with E-state index in [1.807, 2.05) is 20.9 Å². The van der Waals surface area contributed by atoms with Crippen molar-refractivity contribution in [1.82, 2.24) is 20.1 Å². The Balaban J connectivity index is 2.30. The van der Waals surface area contributed by atoms with E-state index in [9.17, 15) is 4.79 Å². The quantitative estimate of drug-likeness (QED) is 0.848. The first-order valence-corrected chi connectivity index (χ1v) is 7.37. The van der Waals surface area contributed by atoms with Crippen molar-refractivity contribution in [2.75, 3.05) is 0 Å². The molecule has 1 heterocycles. The van der Waals surface area contributed by atoms with Gasteiger partial charge in [0.05, 0.1) is 16.6 Å². The molecule has 1 amide bonds. The van der Waals surface area contributed by atoms with Crippen molar-refractivity contribution in [3.63, 3.8) is 0 Å². The van der Waals surface area contributed by atoms with Gasteiger partial charge in [0.15, 0.2) is 10.6 Å². The van der Waals surface area contributed by atoms with Gasteiger partial charge in [-0.2, -0.15) is 5.10 Å². The number of benzene rings is 1. The summed E-state index contributed by atoms with van der Waals surface area (Å²) in [5, 5.41) is 10.3. The molecule has 5 nitrogen and oxygen atoms in total. The number of amides is 1. The molecule has 0 aliphatic rings. The molecule has 0 saturated carbocycles. The van der Waals surface area contributed by atoms with Crippen LogP contribution in [-0.4, -0.2) is 20.7 Å². The van der Waals surface area contributed by atoms with E-state index in [1.54, 1.807) is 28.8 Å². The number of carbonyl (C=O) groups excluding carboxylic acids is 1. The van der Waals surface area contributed by atoms with Crippen molar-refractivity contribution in [3.05, 3.63) is 45.4 Å². The minimum Gasteiger partial charge on any atom is -0.342 e. The van der Waals surface area contributed by atoms with Crippen LogP contribution in [0.1, 0.15) is 36.1 Å². The maximum absolute atomic E-state index is 12.4. The summed E-state index contributed by atoms with van der Waals surface area (Å²) in [4.78, 5) is 12.4. The molecule has 2 N–H and O–H groups in total. The largest absolute Gasteiger partial charge is 0.342 e. The van der Waals surface area contributed by atoms with E-state index in [2.05, 4.69) is 15.5 Å². The van der Waals surface area contributed by atoms with Gasteiger partial charge in [0, 0.05) is 7.05 Å². The molecule has 7 heteroatoms. The van der Waals surface area contributed by atoms with Crippen LogP contribution in [0.25, 0.3) is 0 Å². The molecule has 0 saturated heterocycles. The predicted octanol–water partition coefficient (Wildman–Crippen LogP) is 3.26. The van der Waals surface area contributed by atoms with Crippen LogP contribution in [0.15, 0.2) is 24.3 Å². The van der Waals surface area contributed by atoms with Gasteiger partial charge in [0.25, 0.3) is 5.91 Å². The molecule has 0 bridgehead atoms. The molecule has 0 aliphatic heterocycles. The number of carbonyl (C=O) groups is 1. The standard InChI is InChI=1S/C14H17ClN4OS/c1-8(2)11(12-17-18-14(21)19(12)3)16-13(20)9-6-4-5-7-10(9)15/h4-8,11H,1-3H3,(H,16,20)(H,18,21)/t11-/m0/s1. The summed E-state index contributed by atoms with van der Waals surface area (Å²) in [5.41, 5.74) is 0.446. The molecule has 1 atom stereocenters. The fraction of sp³-hybridized carbons (Fsp3) is 0.357. The number of hydrogen-bond donors (Lipinski definition) is 2. The number of aromatic amines is 1. The number of halogens is 1. The minimum absolute atomic E-state index is 0.153. The second-order valence-corrected chi connectivity index (χ2v) is 5.91. The van der Waals surface area contributed by atoms with Gasteiger partial charge < -0.3 is 9.88 Å². The minimum atomic E-state index is -0.258. The van der Waals surface area contributed by atoms with Crippen LogP contribution in [-0.2, 0) is 7.05 Å². The van der Waals surface area contributed by atoms with Crippen LogP contribution in [0.5, 0.6) is 0 Å². The second-order valence-electron chi connectivity index (χ2n) is 5.12. The third-order valence-electron chi connectivity index (χ3n) is 3.26. The van der Waals surface area contributed by atoms with E-state index in [4.69, 9.17) is 23.8 Å². The zero-order valence-electron chi connectivity index (χ0n) is 12.1. The van der Waals surface area contributed by atoms with E-state index in [-0.39, 0.29) is 17.9 Å². The Labute approximate surface area is 133 Å². The number of nitrogens with one attached hydrogen (secondary N) is 2. The van der Waals surface area contributed by atoms with Crippen molar-refractivity contribution in [1.29, 1.82) is 0 Å². The molecular formula is C14H17ClN4OS. The summed E-state index contributed by atoms with van der Waals surface area (Å²) in [6.07, 6.45) is 0. The first-order valence-electron chi connectivity index (χ1n) is 6.58. The highest BCUT2D eigenvalue weighted by atomic mass is 35.5. The van der Waals surface area contributed by atoms with Crippen LogP contribution in [0, 0.1) is 10.7 Å². The lowest BCUT2D eigenvalue weighted by Crippen LogP contribution is -2.33. The lowest BCUT2D eigenvalue weighted by Gasteiger charge is -2.21. The average molecular weight is 325 g/mol. The van der Waals surface area contributed by atoms with Crippen molar-refractivity contribution < 1.29 is 4.79 Å². The highest BCUT2D eigenvalue weighted by Gasteiger charge is 2.24. The smallest absolute Gasteiger partial charge is 0.253 e. The topological polar surface area (TPSA) is 62.7 Å². The van der Waals surface area contributed by atoms with E-state index in [0.717, 1.165) is 0 Å². The Hall–Kier alpha value is -1.66. The molecule has 1 aromatic carbocycles. The van der Waals surface area contributed by atoms with Gasteiger partial charge in [-0.1, -0.05) is 37.6 Å². The van der Waals surface area contributed by atoms with Gasteiger partial charge in [-0.05, 0) is 30.3 Å². The van der Waals surface area contributed by atoms with Crippen molar-refractivity contribution in [2.24, 2.45) is 13.0 Å². The summed E-state index contributed by atoms with van der Waals surface area (Å²) in [5.74, 6) is 0.615. The number of hydrogen-bond acceptors (Lipinski definition) is 3. The third-order valence-corrected chi connectivity index (χ3v) is 3.96.